The maximum absolute atomic E-state index is 5.60. The van der Waals surface area contributed by atoms with Crippen LogP contribution in [0.15, 0.2) is 24.3 Å². The largest absolute Gasteiger partial charge is 0.477 e. The maximum atomic E-state index is 5.60. The zero-order chi connectivity index (χ0) is 11.4. The fourth-order valence-electron chi connectivity index (χ4n) is 1.49. The standard InChI is InChI=1S/C12H13ClN2O/c1-9-14-11-6-3-2-5-10(11)12(15-9)16-8-4-7-13/h2-3,5-6H,4,7-8H2,1H3. The second-order valence-electron chi connectivity index (χ2n) is 3.48. The van der Waals surface area contributed by atoms with Gasteiger partial charge >= 0.3 is 0 Å². The van der Waals surface area contributed by atoms with Crippen LogP contribution in [0.4, 0.5) is 0 Å². The summed E-state index contributed by atoms with van der Waals surface area (Å²) in [7, 11) is 0. The summed E-state index contributed by atoms with van der Waals surface area (Å²) in [6, 6.07) is 7.83. The molecule has 1 aromatic heterocycles. The Morgan fingerprint density at radius 3 is 2.88 bits per heavy atom. The van der Waals surface area contributed by atoms with Crippen molar-refractivity contribution in [3.8, 4) is 5.88 Å². The highest BCUT2D eigenvalue weighted by Gasteiger charge is 2.05. The molecule has 0 aliphatic heterocycles. The second-order valence-corrected chi connectivity index (χ2v) is 3.86. The van der Waals surface area contributed by atoms with Crippen LogP contribution in [0.1, 0.15) is 12.2 Å². The second kappa shape index (κ2) is 5.12. The number of aryl methyl sites for hydroxylation is 1. The van der Waals surface area contributed by atoms with Crippen LogP contribution >= 0.6 is 11.6 Å². The molecule has 3 nitrogen and oxygen atoms in total. The van der Waals surface area contributed by atoms with Crippen molar-refractivity contribution in [2.24, 2.45) is 0 Å². The number of halogens is 1. The number of rotatable bonds is 4. The molecule has 84 valence electrons. The van der Waals surface area contributed by atoms with E-state index in [1.54, 1.807) is 0 Å². The minimum absolute atomic E-state index is 0.587. The van der Waals surface area contributed by atoms with Gasteiger partial charge in [-0.05, 0) is 25.5 Å². The van der Waals surface area contributed by atoms with Crippen LogP contribution in [-0.4, -0.2) is 22.5 Å². The first kappa shape index (κ1) is 11.1. The first-order valence-corrected chi connectivity index (χ1v) is 5.77. The molecule has 2 rings (SSSR count). The lowest BCUT2D eigenvalue weighted by Crippen LogP contribution is -2.02. The summed E-state index contributed by atoms with van der Waals surface area (Å²) in [5, 5.41) is 0.947. The molecular formula is C12H13ClN2O. The number of aromatic nitrogens is 2. The van der Waals surface area contributed by atoms with E-state index in [1.165, 1.54) is 0 Å². The number of hydrogen-bond acceptors (Lipinski definition) is 3. The molecule has 1 aromatic carbocycles. The molecule has 1 heterocycles. The quantitative estimate of drug-likeness (QED) is 0.605. The summed E-state index contributed by atoms with van der Waals surface area (Å²) in [6.45, 7) is 2.45. The fourth-order valence-corrected chi connectivity index (χ4v) is 1.60. The normalized spacial score (nSPS) is 10.6. The van der Waals surface area contributed by atoms with Gasteiger partial charge in [0.1, 0.15) is 5.82 Å². The summed E-state index contributed by atoms with van der Waals surface area (Å²) in [4.78, 5) is 8.64. The Kier molecular flexibility index (Phi) is 3.57. The smallest absolute Gasteiger partial charge is 0.224 e. The Morgan fingerprint density at radius 2 is 2.06 bits per heavy atom. The van der Waals surface area contributed by atoms with Gasteiger partial charge < -0.3 is 4.74 Å². The van der Waals surface area contributed by atoms with Crippen molar-refractivity contribution in [2.45, 2.75) is 13.3 Å². The molecule has 0 aliphatic rings. The van der Waals surface area contributed by atoms with Gasteiger partial charge in [0.2, 0.25) is 5.88 Å². The molecule has 0 aliphatic carbocycles. The molecule has 0 atom stereocenters. The molecule has 0 spiro atoms. The molecule has 0 saturated heterocycles. The van der Waals surface area contributed by atoms with Gasteiger partial charge in [-0.1, -0.05) is 12.1 Å². The van der Waals surface area contributed by atoms with Gasteiger partial charge in [0.15, 0.2) is 0 Å². The van der Waals surface area contributed by atoms with Crippen molar-refractivity contribution >= 4 is 22.5 Å². The van der Waals surface area contributed by atoms with Gasteiger partial charge in [-0.3, -0.25) is 0 Å². The maximum Gasteiger partial charge on any atom is 0.224 e. The SMILES string of the molecule is Cc1nc(OCCCCl)c2ccccc2n1. The number of alkyl halides is 1. The lowest BCUT2D eigenvalue weighted by Gasteiger charge is -2.07. The van der Waals surface area contributed by atoms with Crippen LogP contribution < -0.4 is 4.74 Å². The van der Waals surface area contributed by atoms with E-state index in [4.69, 9.17) is 16.3 Å². The van der Waals surface area contributed by atoms with Crippen LogP contribution in [0.2, 0.25) is 0 Å². The summed E-state index contributed by atoms with van der Waals surface area (Å²) in [5.74, 6) is 1.97. The number of para-hydroxylation sites is 1. The highest BCUT2D eigenvalue weighted by atomic mass is 35.5. The van der Waals surface area contributed by atoms with Crippen molar-refractivity contribution in [1.82, 2.24) is 9.97 Å². The minimum atomic E-state index is 0.587. The van der Waals surface area contributed by atoms with Gasteiger partial charge in [0, 0.05) is 5.88 Å². The van der Waals surface area contributed by atoms with Gasteiger partial charge in [-0.15, -0.1) is 11.6 Å². The van der Waals surface area contributed by atoms with Crippen molar-refractivity contribution in [3.63, 3.8) is 0 Å². The Bertz CT molecular complexity index is 487. The Morgan fingerprint density at radius 1 is 1.25 bits per heavy atom. The highest BCUT2D eigenvalue weighted by molar-refractivity contribution is 6.17. The predicted octanol–water partition coefficient (Wildman–Crippen LogP) is 2.95. The molecule has 4 heteroatoms. The van der Waals surface area contributed by atoms with E-state index >= 15 is 0 Å². The molecule has 0 N–H and O–H groups in total. The fraction of sp³-hybridized carbons (Fsp3) is 0.333. The molecule has 0 saturated carbocycles. The lowest BCUT2D eigenvalue weighted by molar-refractivity contribution is 0.309. The van der Waals surface area contributed by atoms with Crippen molar-refractivity contribution < 1.29 is 4.74 Å². The van der Waals surface area contributed by atoms with Gasteiger partial charge in [0.05, 0.1) is 17.5 Å². The number of ether oxygens (including phenoxy) is 1. The third-order valence-electron chi connectivity index (χ3n) is 2.20. The van der Waals surface area contributed by atoms with E-state index in [1.807, 2.05) is 31.2 Å². The summed E-state index contributed by atoms with van der Waals surface area (Å²) in [6.07, 6.45) is 0.818. The van der Waals surface area contributed by atoms with Crippen molar-refractivity contribution in [1.29, 1.82) is 0 Å². The third-order valence-corrected chi connectivity index (χ3v) is 2.46. The zero-order valence-electron chi connectivity index (χ0n) is 9.11. The first-order valence-electron chi connectivity index (χ1n) is 5.23. The number of nitrogens with zero attached hydrogens (tertiary/aromatic N) is 2. The summed E-state index contributed by atoms with van der Waals surface area (Å²) < 4.78 is 5.60. The predicted molar refractivity (Wildman–Crippen MR) is 65.1 cm³/mol. The van der Waals surface area contributed by atoms with Gasteiger partial charge in [-0.25, -0.2) is 4.98 Å². The minimum Gasteiger partial charge on any atom is -0.477 e. The Balaban J connectivity index is 2.34. The molecule has 0 radical (unpaired) electrons. The molecule has 0 unspecified atom stereocenters. The summed E-state index contributed by atoms with van der Waals surface area (Å²) in [5.41, 5.74) is 0.913. The molecule has 2 aromatic rings. The molecule has 0 amide bonds. The van der Waals surface area contributed by atoms with Crippen LogP contribution in [0.3, 0.4) is 0 Å². The molecular weight excluding hydrogens is 224 g/mol. The van der Waals surface area contributed by atoms with Crippen molar-refractivity contribution in [3.05, 3.63) is 30.1 Å². The van der Waals surface area contributed by atoms with Crippen LogP contribution in [0.25, 0.3) is 10.9 Å². The van der Waals surface area contributed by atoms with E-state index in [0.29, 0.717) is 18.4 Å². The number of benzene rings is 1. The van der Waals surface area contributed by atoms with Gasteiger partial charge in [0.25, 0.3) is 0 Å². The van der Waals surface area contributed by atoms with Gasteiger partial charge in [-0.2, -0.15) is 4.98 Å². The summed E-state index contributed by atoms with van der Waals surface area (Å²) >= 11 is 5.60. The highest BCUT2D eigenvalue weighted by Crippen LogP contribution is 2.21. The average Bonchev–Trinajstić information content (AvgIpc) is 2.29. The molecule has 16 heavy (non-hydrogen) atoms. The molecule has 0 bridgehead atoms. The van der Waals surface area contributed by atoms with Crippen LogP contribution in [-0.2, 0) is 0 Å². The van der Waals surface area contributed by atoms with E-state index in [-0.39, 0.29) is 0 Å². The Labute approximate surface area is 99.4 Å². The topological polar surface area (TPSA) is 35.0 Å². The van der Waals surface area contributed by atoms with Crippen LogP contribution in [0.5, 0.6) is 5.88 Å². The van der Waals surface area contributed by atoms with Crippen LogP contribution in [0, 0.1) is 6.92 Å². The van der Waals surface area contributed by atoms with E-state index < -0.39 is 0 Å². The van der Waals surface area contributed by atoms with Crippen molar-refractivity contribution in [2.75, 3.05) is 12.5 Å². The molecule has 0 fully saturated rings. The lowest BCUT2D eigenvalue weighted by atomic mass is 10.2. The number of fused-ring (bicyclic) bond motifs is 1. The first-order chi connectivity index (χ1) is 7.81. The van der Waals surface area contributed by atoms with E-state index in [2.05, 4.69) is 9.97 Å². The Hall–Kier alpha value is -1.35. The van der Waals surface area contributed by atoms with E-state index in [9.17, 15) is 0 Å². The third kappa shape index (κ3) is 2.42. The monoisotopic (exact) mass is 236 g/mol. The van der Waals surface area contributed by atoms with E-state index in [0.717, 1.165) is 23.1 Å². The average molecular weight is 237 g/mol. The zero-order valence-corrected chi connectivity index (χ0v) is 9.87. The number of hydrogen-bond donors (Lipinski definition) is 0.